The number of carbonyl (C=O) groups excluding carboxylic acids is 1. The third kappa shape index (κ3) is 3.79. The number of aromatic nitrogens is 1. The quantitative estimate of drug-likeness (QED) is 0.696. The summed E-state index contributed by atoms with van der Waals surface area (Å²) in [6, 6.07) is 12.1. The van der Waals surface area contributed by atoms with Crippen LogP contribution in [-0.2, 0) is 11.2 Å². The summed E-state index contributed by atoms with van der Waals surface area (Å²) >= 11 is 1.65. The number of amides is 1. The molecule has 0 bridgehead atoms. The van der Waals surface area contributed by atoms with Crippen LogP contribution in [0, 0.1) is 5.92 Å². The van der Waals surface area contributed by atoms with Gasteiger partial charge in [0.1, 0.15) is 0 Å². The molecule has 2 heterocycles. The van der Waals surface area contributed by atoms with Gasteiger partial charge in [0.2, 0.25) is 5.91 Å². The molecule has 1 fully saturated rings. The van der Waals surface area contributed by atoms with E-state index >= 15 is 0 Å². The molecule has 1 amide bonds. The fraction of sp³-hybridized carbons (Fsp3) is 0.333. The topological polar surface area (TPSA) is 62.2 Å². The summed E-state index contributed by atoms with van der Waals surface area (Å²) in [4.78, 5) is 17.1. The number of rotatable bonds is 6. The molecule has 1 aliphatic carbocycles. The van der Waals surface area contributed by atoms with Gasteiger partial charge in [-0.2, -0.15) is 11.3 Å². The Kier molecular flexibility index (Phi) is 5.00. The first-order valence-electron chi connectivity index (χ1n) is 9.02. The van der Waals surface area contributed by atoms with Crippen molar-refractivity contribution in [3.05, 3.63) is 64.5 Å². The van der Waals surface area contributed by atoms with Gasteiger partial charge >= 0.3 is 0 Å². The summed E-state index contributed by atoms with van der Waals surface area (Å²) in [7, 11) is 0. The van der Waals surface area contributed by atoms with Crippen molar-refractivity contribution in [3.63, 3.8) is 0 Å². The molecule has 1 atom stereocenters. The third-order valence-corrected chi connectivity index (χ3v) is 5.86. The van der Waals surface area contributed by atoms with Crippen LogP contribution in [-0.4, -0.2) is 22.1 Å². The van der Waals surface area contributed by atoms with Gasteiger partial charge in [0.25, 0.3) is 0 Å². The first-order valence-corrected chi connectivity index (χ1v) is 9.96. The molecule has 26 heavy (non-hydrogen) atoms. The summed E-state index contributed by atoms with van der Waals surface area (Å²) in [5, 5.41) is 18.1. The number of nitrogens with zero attached hydrogens (tertiary/aromatic N) is 1. The van der Waals surface area contributed by atoms with Gasteiger partial charge in [-0.1, -0.05) is 18.2 Å². The monoisotopic (exact) mass is 366 g/mol. The molecular weight excluding hydrogens is 344 g/mol. The van der Waals surface area contributed by atoms with E-state index in [0.717, 1.165) is 35.7 Å². The largest absolute Gasteiger partial charge is 0.393 e. The molecule has 4 rings (SSSR count). The Hall–Kier alpha value is -2.24. The molecule has 0 saturated heterocycles. The Balaban J connectivity index is 1.50. The van der Waals surface area contributed by atoms with Crippen molar-refractivity contribution in [3.8, 4) is 0 Å². The standard InChI is InChI=1S/C21H22N2O2S/c24-18-10-16(11-18)21(23-20(25)6-5-14-7-8-26-13-14)17-9-15-3-1-2-4-19(15)22-12-17/h1-4,7-9,12-13,16,18,21,24H,5-6,10-11H2,(H,23,25). The van der Waals surface area contributed by atoms with Crippen molar-refractivity contribution < 1.29 is 9.90 Å². The van der Waals surface area contributed by atoms with E-state index in [9.17, 15) is 9.90 Å². The first-order chi connectivity index (χ1) is 12.7. The van der Waals surface area contributed by atoms with E-state index in [1.54, 1.807) is 11.3 Å². The Morgan fingerprint density at radius 2 is 2.15 bits per heavy atom. The van der Waals surface area contributed by atoms with Crippen molar-refractivity contribution in [1.82, 2.24) is 10.3 Å². The zero-order valence-electron chi connectivity index (χ0n) is 14.5. The second-order valence-corrected chi connectivity index (χ2v) is 7.80. The molecule has 0 spiro atoms. The minimum atomic E-state index is -0.251. The summed E-state index contributed by atoms with van der Waals surface area (Å²) in [5.74, 6) is 0.314. The minimum absolute atomic E-state index is 0.0516. The highest BCUT2D eigenvalue weighted by atomic mass is 32.1. The van der Waals surface area contributed by atoms with Gasteiger partial charge in [-0.15, -0.1) is 0 Å². The lowest BCUT2D eigenvalue weighted by Crippen LogP contribution is -2.41. The van der Waals surface area contributed by atoms with Gasteiger partial charge in [0, 0.05) is 18.0 Å². The molecule has 2 N–H and O–H groups in total. The summed E-state index contributed by atoms with van der Waals surface area (Å²) in [6.07, 6.45) is 4.29. The number of hydrogen-bond acceptors (Lipinski definition) is 4. The van der Waals surface area contributed by atoms with Crippen molar-refractivity contribution in [2.75, 3.05) is 0 Å². The maximum Gasteiger partial charge on any atom is 0.220 e. The number of para-hydroxylation sites is 1. The molecular formula is C21H22N2O2S. The van der Waals surface area contributed by atoms with Crippen molar-refractivity contribution >= 4 is 28.1 Å². The third-order valence-electron chi connectivity index (χ3n) is 5.13. The van der Waals surface area contributed by atoms with Gasteiger partial charge in [0.15, 0.2) is 0 Å². The lowest BCUT2D eigenvalue weighted by atomic mass is 9.75. The van der Waals surface area contributed by atoms with E-state index in [-0.39, 0.29) is 24.0 Å². The minimum Gasteiger partial charge on any atom is -0.393 e. The lowest BCUT2D eigenvalue weighted by Gasteiger charge is -2.38. The van der Waals surface area contributed by atoms with Gasteiger partial charge in [-0.3, -0.25) is 9.78 Å². The highest BCUT2D eigenvalue weighted by Crippen LogP contribution is 2.38. The fourth-order valence-electron chi connectivity index (χ4n) is 3.57. The molecule has 2 aromatic heterocycles. The van der Waals surface area contributed by atoms with E-state index in [2.05, 4.69) is 27.8 Å². The molecule has 1 aliphatic rings. The fourth-order valence-corrected chi connectivity index (χ4v) is 4.28. The van der Waals surface area contributed by atoms with Crippen LogP contribution in [0.4, 0.5) is 0 Å². The SMILES string of the molecule is O=C(CCc1ccsc1)NC(c1cnc2ccccc2c1)C1CC(O)C1. The summed E-state index contributed by atoms with van der Waals surface area (Å²) < 4.78 is 0. The van der Waals surface area contributed by atoms with Gasteiger partial charge in [-0.05, 0) is 65.3 Å². The second-order valence-electron chi connectivity index (χ2n) is 7.02. The molecule has 1 saturated carbocycles. The van der Waals surface area contributed by atoms with E-state index < -0.39 is 0 Å². The number of aryl methyl sites for hydroxylation is 1. The highest BCUT2D eigenvalue weighted by molar-refractivity contribution is 7.07. The van der Waals surface area contributed by atoms with Crippen LogP contribution in [0.2, 0.25) is 0 Å². The average molecular weight is 366 g/mol. The lowest BCUT2D eigenvalue weighted by molar-refractivity contribution is -0.123. The Labute approximate surface area is 156 Å². The first kappa shape index (κ1) is 17.2. The molecule has 4 nitrogen and oxygen atoms in total. The Bertz CT molecular complexity index is 888. The van der Waals surface area contributed by atoms with E-state index in [0.29, 0.717) is 6.42 Å². The van der Waals surface area contributed by atoms with Crippen molar-refractivity contribution in [2.45, 2.75) is 37.8 Å². The summed E-state index contributed by atoms with van der Waals surface area (Å²) in [5.41, 5.74) is 3.17. The predicted molar refractivity (Wildman–Crippen MR) is 104 cm³/mol. The number of carbonyl (C=O) groups is 1. The Morgan fingerprint density at radius 1 is 1.31 bits per heavy atom. The van der Waals surface area contributed by atoms with Crippen molar-refractivity contribution in [2.24, 2.45) is 5.92 Å². The number of hydrogen-bond donors (Lipinski definition) is 2. The average Bonchev–Trinajstić information content (AvgIpc) is 3.15. The Morgan fingerprint density at radius 3 is 2.92 bits per heavy atom. The normalized spacial score (nSPS) is 20.5. The molecule has 134 valence electrons. The number of aliphatic hydroxyl groups is 1. The van der Waals surface area contributed by atoms with Crippen LogP contribution >= 0.6 is 11.3 Å². The molecule has 0 aliphatic heterocycles. The predicted octanol–water partition coefficient (Wildman–Crippen LogP) is 3.86. The smallest absolute Gasteiger partial charge is 0.220 e. The van der Waals surface area contributed by atoms with Crippen LogP contribution in [0.25, 0.3) is 10.9 Å². The van der Waals surface area contributed by atoms with E-state index in [4.69, 9.17) is 0 Å². The van der Waals surface area contributed by atoms with Gasteiger partial charge < -0.3 is 10.4 Å². The number of thiophene rings is 1. The highest BCUT2D eigenvalue weighted by Gasteiger charge is 2.35. The molecule has 1 aromatic carbocycles. The zero-order chi connectivity index (χ0) is 17.9. The number of aliphatic hydroxyl groups excluding tert-OH is 1. The van der Waals surface area contributed by atoms with Crippen LogP contribution in [0.1, 0.15) is 36.4 Å². The number of nitrogens with one attached hydrogen (secondary N) is 1. The number of pyridine rings is 1. The van der Waals surface area contributed by atoms with E-state index in [1.807, 2.05) is 35.8 Å². The van der Waals surface area contributed by atoms with Crippen LogP contribution in [0.3, 0.4) is 0 Å². The molecule has 1 unspecified atom stereocenters. The maximum atomic E-state index is 12.5. The van der Waals surface area contributed by atoms with Crippen molar-refractivity contribution in [1.29, 1.82) is 0 Å². The van der Waals surface area contributed by atoms with Gasteiger partial charge in [0.05, 0.1) is 17.7 Å². The maximum absolute atomic E-state index is 12.5. The van der Waals surface area contributed by atoms with Crippen LogP contribution < -0.4 is 5.32 Å². The van der Waals surface area contributed by atoms with Crippen LogP contribution in [0.5, 0.6) is 0 Å². The molecule has 5 heteroatoms. The van der Waals surface area contributed by atoms with Crippen LogP contribution in [0.15, 0.2) is 53.4 Å². The van der Waals surface area contributed by atoms with E-state index in [1.165, 1.54) is 5.56 Å². The number of fused-ring (bicyclic) bond motifs is 1. The second kappa shape index (κ2) is 7.56. The molecule has 0 radical (unpaired) electrons. The molecule has 3 aromatic rings. The summed E-state index contributed by atoms with van der Waals surface area (Å²) in [6.45, 7) is 0. The number of benzene rings is 1. The van der Waals surface area contributed by atoms with Gasteiger partial charge in [-0.25, -0.2) is 0 Å². The zero-order valence-corrected chi connectivity index (χ0v) is 15.3.